The van der Waals surface area contributed by atoms with E-state index < -0.39 is 0 Å². The summed E-state index contributed by atoms with van der Waals surface area (Å²) in [5, 5.41) is 2.76. The summed E-state index contributed by atoms with van der Waals surface area (Å²) in [6.45, 7) is 18.2. The number of amides is 1. The van der Waals surface area contributed by atoms with E-state index in [9.17, 15) is 4.79 Å². The quantitative estimate of drug-likeness (QED) is 0.382. The van der Waals surface area contributed by atoms with Gasteiger partial charge in [-0.2, -0.15) is 0 Å². The number of hydrogen-bond donors (Lipinski definition) is 2. The van der Waals surface area contributed by atoms with Crippen LogP contribution in [0.25, 0.3) is 5.57 Å². The predicted octanol–water partition coefficient (Wildman–Crippen LogP) is 3.01. The van der Waals surface area contributed by atoms with Gasteiger partial charge in [0.2, 0.25) is 11.9 Å². The molecule has 0 aliphatic carbocycles. The highest BCUT2D eigenvalue weighted by Crippen LogP contribution is 2.20. The average Bonchev–Trinajstić information content (AvgIpc) is 2.77. The van der Waals surface area contributed by atoms with E-state index in [1.54, 1.807) is 0 Å². The second-order valence-corrected chi connectivity index (χ2v) is 7.97. The molecular formula is C24H36N6O. The number of piperazine rings is 1. The lowest BCUT2D eigenvalue weighted by Gasteiger charge is -2.37. The van der Waals surface area contributed by atoms with Crippen molar-refractivity contribution in [3.63, 3.8) is 0 Å². The van der Waals surface area contributed by atoms with Crippen LogP contribution in [0, 0.1) is 0 Å². The van der Waals surface area contributed by atoms with Gasteiger partial charge in [-0.1, -0.05) is 32.2 Å². The van der Waals surface area contributed by atoms with Gasteiger partial charge < -0.3 is 16.0 Å². The Morgan fingerprint density at radius 2 is 1.97 bits per heavy atom. The third-order valence-electron chi connectivity index (χ3n) is 5.74. The van der Waals surface area contributed by atoms with E-state index in [1.807, 2.05) is 31.2 Å². The van der Waals surface area contributed by atoms with Gasteiger partial charge in [-0.15, -0.1) is 0 Å². The Kier molecular flexibility index (Phi) is 9.15. The monoisotopic (exact) mass is 424 g/mol. The largest absolute Gasteiger partial charge is 0.368 e. The molecule has 31 heavy (non-hydrogen) atoms. The van der Waals surface area contributed by atoms with Crippen LogP contribution in [0.5, 0.6) is 0 Å². The third kappa shape index (κ3) is 7.15. The first-order valence-corrected chi connectivity index (χ1v) is 10.8. The van der Waals surface area contributed by atoms with Crippen LogP contribution in [0.2, 0.25) is 0 Å². The van der Waals surface area contributed by atoms with Gasteiger partial charge in [-0.05, 0) is 56.7 Å². The Morgan fingerprint density at radius 1 is 1.29 bits per heavy atom. The molecule has 1 aromatic rings. The van der Waals surface area contributed by atoms with Gasteiger partial charge in [0.1, 0.15) is 0 Å². The van der Waals surface area contributed by atoms with Crippen molar-refractivity contribution in [3.8, 4) is 0 Å². The van der Waals surface area contributed by atoms with Gasteiger partial charge in [0.25, 0.3) is 0 Å². The molecule has 7 nitrogen and oxygen atoms in total. The van der Waals surface area contributed by atoms with Crippen molar-refractivity contribution < 1.29 is 4.79 Å². The van der Waals surface area contributed by atoms with E-state index in [2.05, 4.69) is 59.2 Å². The molecule has 1 saturated heterocycles. The molecule has 2 atom stereocenters. The maximum absolute atomic E-state index is 11.6. The molecule has 1 aliphatic heterocycles. The first-order chi connectivity index (χ1) is 14.7. The summed E-state index contributed by atoms with van der Waals surface area (Å²) < 4.78 is 0. The van der Waals surface area contributed by atoms with Gasteiger partial charge in [0, 0.05) is 37.9 Å². The Labute approximate surface area is 186 Å². The molecular weight excluding hydrogens is 388 g/mol. The number of aliphatic imine (C=N–C) groups is 2. The first kappa shape index (κ1) is 24.5. The number of anilines is 1. The molecule has 0 saturated carbocycles. The van der Waals surface area contributed by atoms with Crippen LogP contribution in [0.15, 0.2) is 53.5 Å². The molecule has 1 amide bonds. The SMILES string of the molecule is C=CC(=O)Nc1cccc(C(=C)C(CC)=NC(N)=N[C@@H](C)C(C)N2CCN(C)CC2)c1. The van der Waals surface area contributed by atoms with E-state index in [-0.39, 0.29) is 17.9 Å². The summed E-state index contributed by atoms with van der Waals surface area (Å²) in [7, 11) is 2.15. The summed E-state index contributed by atoms with van der Waals surface area (Å²) >= 11 is 0. The Balaban J connectivity index is 2.12. The second-order valence-electron chi connectivity index (χ2n) is 7.97. The highest BCUT2D eigenvalue weighted by molar-refractivity contribution is 6.25. The van der Waals surface area contributed by atoms with Gasteiger partial charge >= 0.3 is 0 Å². The molecule has 168 valence electrons. The molecule has 1 heterocycles. The fourth-order valence-corrected chi connectivity index (χ4v) is 3.52. The molecule has 0 spiro atoms. The van der Waals surface area contributed by atoms with Crippen molar-refractivity contribution in [2.75, 3.05) is 38.5 Å². The number of benzene rings is 1. The summed E-state index contributed by atoms with van der Waals surface area (Å²) in [4.78, 5) is 25.6. The lowest BCUT2D eigenvalue weighted by atomic mass is 10.0. The van der Waals surface area contributed by atoms with Crippen molar-refractivity contribution in [1.29, 1.82) is 0 Å². The van der Waals surface area contributed by atoms with Crippen molar-refractivity contribution in [2.24, 2.45) is 15.7 Å². The zero-order chi connectivity index (χ0) is 23.0. The maximum atomic E-state index is 11.6. The number of carbonyl (C=O) groups excluding carboxylic acids is 1. The Bertz CT molecular complexity index is 851. The standard InChI is InChI=1S/C24H36N6O/c1-7-22(17(3)20-10-9-11-21(16-20)27-23(31)8-2)28-24(25)26-18(4)19(5)30-14-12-29(6)13-15-30/h8-11,16,18-19H,2-3,7,12-15H2,1,4-6H3,(H2,25,26)(H,27,31)/t18-,19?/m0/s1. The molecule has 0 radical (unpaired) electrons. The summed E-state index contributed by atoms with van der Waals surface area (Å²) in [6.07, 6.45) is 1.91. The molecule has 1 unspecified atom stereocenters. The molecule has 2 rings (SSSR count). The van der Waals surface area contributed by atoms with Crippen LogP contribution >= 0.6 is 0 Å². The second kappa shape index (κ2) is 11.6. The number of guanidine groups is 1. The summed E-state index contributed by atoms with van der Waals surface area (Å²) in [6, 6.07) is 7.81. The lowest BCUT2D eigenvalue weighted by Crippen LogP contribution is -2.51. The van der Waals surface area contributed by atoms with Crippen molar-refractivity contribution in [3.05, 3.63) is 49.1 Å². The Morgan fingerprint density at radius 3 is 2.58 bits per heavy atom. The molecule has 0 aromatic heterocycles. The fourth-order valence-electron chi connectivity index (χ4n) is 3.52. The number of carbonyl (C=O) groups is 1. The highest BCUT2D eigenvalue weighted by Gasteiger charge is 2.23. The number of allylic oxidation sites excluding steroid dienone is 1. The number of likely N-dealkylation sites (N-methyl/N-ethyl adjacent to an activating group) is 1. The third-order valence-corrected chi connectivity index (χ3v) is 5.74. The van der Waals surface area contributed by atoms with Gasteiger partial charge in [0.15, 0.2) is 0 Å². The van der Waals surface area contributed by atoms with E-state index in [1.165, 1.54) is 6.08 Å². The van der Waals surface area contributed by atoms with Crippen LogP contribution in [0.3, 0.4) is 0 Å². The van der Waals surface area contributed by atoms with E-state index in [0.717, 1.165) is 43.0 Å². The minimum absolute atomic E-state index is 0.0379. The number of nitrogens with one attached hydrogen (secondary N) is 1. The van der Waals surface area contributed by atoms with E-state index in [4.69, 9.17) is 5.73 Å². The average molecular weight is 425 g/mol. The maximum Gasteiger partial charge on any atom is 0.247 e. The van der Waals surface area contributed by atoms with Crippen LogP contribution in [0.1, 0.15) is 32.8 Å². The molecule has 1 fully saturated rings. The Hall–Kier alpha value is -2.77. The molecule has 7 heteroatoms. The molecule has 1 aromatic carbocycles. The number of nitrogens with zero attached hydrogens (tertiary/aromatic N) is 4. The van der Waals surface area contributed by atoms with Crippen LogP contribution in [-0.2, 0) is 4.79 Å². The smallest absolute Gasteiger partial charge is 0.247 e. The summed E-state index contributed by atoms with van der Waals surface area (Å²) in [5.41, 5.74) is 9.27. The minimum atomic E-state index is -0.257. The van der Waals surface area contributed by atoms with Crippen LogP contribution in [0.4, 0.5) is 5.69 Å². The fraction of sp³-hybridized carbons (Fsp3) is 0.458. The van der Waals surface area contributed by atoms with Crippen molar-refractivity contribution in [1.82, 2.24) is 9.80 Å². The molecule has 0 bridgehead atoms. The normalized spacial score (nSPS) is 18.3. The van der Waals surface area contributed by atoms with Gasteiger partial charge in [-0.25, -0.2) is 9.98 Å². The van der Waals surface area contributed by atoms with E-state index >= 15 is 0 Å². The highest BCUT2D eigenvalue weighted by atomic mass is 16.1. The minimum Gasteiger partial charge on any atom is -0.368 e. The van der Waals surface area contributed by atoms with Crippen molar-refractivity contribution in [2.45, 2.75) is 39.3 Å². The molecule has 1 aliphatic rings. The van der Waals surface area contributed by atoms with Crippen LogP contribution in [-0.4, -0.2) is 72.7 Å². The predicted molar refractivity (Wildman–Crippen MR) is 132 cm³/mol. The van der Waals surface area contributed by atoms with Crippen LogP contribution < -0.4 is 11.1 Å². The number of hydrogen-bond acceptors (Lipinski definition) is 4. The zero-order valence-corrected chi connectivity index (χ0v) is 19.3. The van der Waals surface area contributed by atoms with Crippen molar-refractivity contribution >= 4 is 28.8 Å². The first-order valence-electron chi connectivity index (χ1n) is 10.8. The van der Waals surface area contributed by atoms with E-state index in [0.29, 0.717) is 18.2 Å². The lowest BCUT2D eigenvalue weighted by molar-refractivity contribution is -0.111. The van der Waals surface area contributed by atoms with Gasteiger partial charge in [0.05, 0.1) is 11.8 Å². The number of rotatable bonds is 8. The van der Waals surface area contributed by atoms with Gasteiger partial charge in [-0.3, -0.25) is 9.69 Å². The number of nitrogens with two attached hydrogens (primary N) is 1. The molecule has 3 N–H and O–H groups in total. The topological polar surface area (TPSA) is 86.3 Å². The zero-order valence-electron chi connectivity index (χ0n) is 19.3. The summed E-state index contributed by atoms with van der Waals surface area (Å²) in [5.74, 6) is 0.00886.